The normalized spacial score (nSPS) is 12.2. The lowest BCUT2D eigenvalue weighted by atomic mass is 10.1. The van der Waals surface area contributed by atoms with Crippen LogP contribution in [0.1, 0.15) is 23.8 Å². The van der Waals surface area contributed by atoms with Crippen LogP contribution in [0.4, 0.5) is 4.39 Å². The van der Waals surface area contributed by atoms with E-state index >= 15 is 0 Å². The summed E-state index contributed by atoms with van der Waals surface area (Å²) in [6, 6.07) is 7.05. The van der Waals surface area contributed by atoms with Gasteiger partial charge >= 0.3 is 0 Å². The third-order valence-corrected chi connectivity index (χ3v) is 2.81. The summed E-state index contributed by atoms with van der Waals surface area (Å²) in [6.45, 7) is 1.79. The van der Waals surface area contributed by atoms with Crippen molar-refractivity contribution in [1.82, 2.24) is 10.5 Å². The van der Waals surface area contributed by atoms with E-state index in [9.17, 15) is 9.18 Å². The molecule has 0 aliphatic rings. The van der Waals surface area contributed by atoms with Gasteiger partial charge in [-0.3, -0.25) is 4.79 Å². The molecule has 0 fully saturated rings. The number of amides is 1. The smallest absolute Gasteiger partial charge is 0.273 e. The third kappa shape index (κ3) is 3.42. The molecule has 1 atom stereocenters. The van der Waals surface area contributed by atoms with E-state index in [1.807, 2.05) is 0 Å². The van der Waals surface area contributed by atoms with Crippen LogP contribution in [0.5, 0.6) is 0 Å². The first-order valence-electron chi connectivity index (χ1n) is 6.24. The van der Waals surface area contributed by atoms with Crippen LogP contribution in [-0.2, 0) is 0 Å². The maximum Gasteiger partial charge on any atom is 0.273 e. The number of halogens is 1. The Morgan fingerprint density at radius 3 is 2.80 bits per heavy atom. The molecular weight excluding hydrogens is 263 g/mol. The zero-order valence-electron chi connectivity index (χ0n) is 11.0. The number of aliphatic hydroxyl groups excluding tert-OH is 1. The van der Waals surface area contributed by atoms with Crippen molar-refractivity contribution in [1.29, 1.82) is 0 Å². The van der Waals surface area contributed by atoms with E-state index in [0.717, 1.165) is 0 Å². The zero-order chi connectivity index (χ0) is 14.5. The Bertz CT molecular complexity index is 580. The summed E-state index contributed by atoms with van der Waals surface area (Å²) in [4.78, 5) is 11.9. The van der Waals surface area contributed by atoms with Crippen LogP contribution in [0.25, 0.3) is 11.3 Å². The molecule has 1 heterocycles. The van der Waals surface area contributed by atoms with Gasteiger partial charge in [-0.1, -0.05) is 5.16 Å². The molecule has 20 heavy (non-hydrogen) atoms. The lowest BCUT2D eigenvalue weighted by Gasteiger charge is -2.10. The van der Waals surface area contributed by atoms with Gasteiger partial charge in [-0.15, -0.1) is 0 Å². The molecule has 0 radical (unpaired) electrons. The van der Waals surface area contributed by atoms with Gasteiger partial charge in [0.1, 0.15) is 5.82 Å². The topological polar surface area (TPSA) is 75.4 Å². The van der Waals surface area contributed by atoms with Crippen LogP contribution in [0, 0.1) is 5.82 Å². The number of hydrogen-bond donors (Lipinski definition) is 2. The summed E-state index contributed by atoms with van der Waals surface area (Å²) in [6.07, 6.45) is 0.467. The van der Waals surface area contributed by atoms with Crippen molar-refractivity contribution in [3.8, 4) is 11.3 Å². The Hall–Kier alpha value is -2.21. The van der Waals surface area contributed by atoms with Crippen molar-refractivity contribution < 1.29 is 18.8 Å². The number of hydrogen-bond acceptors (Lipinski definition) is 4. The fourth-order valence-electron chi connectivity index (χ4n) is 1.70. The van der Waals surface area contributed by atoms with Crippen molar-refractivity contribution in [3.63, 3.8) is 0 Å². The number of benzene rings is 1. The first-order chi connectivity index (χ1) is 9.60. The van der Waals surface area contributed by atoms with E-state index in [-0.39, 0.29) is 30.1 Å². The minimum atomic E-state index is -0.372. The molecule has 0 aliphatic heterocycles. The van der Waals surface area contributed by atoms with Gasteiger partial charge in [0.2, 0.25) is 0 Å². The van der Waals surface area contributed by atoms with Gasteiger partial charge in [0, 0.05) is 24.3 Å². The summed E-state index contributed by atoms with van der Waals surface area (Å²) in [5, 5.41) is 15.2. The molecule has 1 aromatic heterocycles. The second-order valence-electron chi connectivity index (χ2n) is 4.47. The Balaban J connectivity index is 2.08. The number of nitrogens with one attached hydrogen (secondary N) is 1. The van der Waals surface area contributed by atoms with Gasteiger partial charge in [0.25, 0.3) is 5.91 Å². The van der Waals surface area contributed by atoms with Crippen LogP contribution in [0.15, 0.2) is 34.9 Å². The average molecular weight is 278 g/mol. The second-order valence-corrected chi connectivity index (χ2v) is 4.47. The number of nitrogens with zero attached hydrogens (tertiary/aromatic N) is 1. The Kier molecular flexibility index (Phi) is 4.47. The standard InChI is InChI=1S/C14H15FN2O3/c1-9(6-7-18)16-14(19)12-8-13(20-17-12)10-2-4-11(15)5-3-10/h2-5,8-9,18H,6-7H2,1H3,(H,16,19)/t9-/m1/s1. The molecule has 1 amide bonds. The van der Waals surface area contributed by atoms with Crippen molar-refractivity contribution in [2.24, 2.45) is 0 Å². The van der Waals surface area contributed by atoms with E-state index in [4.69, 9.17) is 9.63 Å². The quantitative estimate of drug-likeness (QED) is 0.877. The van der Waals surface area contributed by atoms with Crippen LogP contribution < -0.4 is 5.32 Å². The van der Waals surface area contributed by atoms with Crippen molar-refractivity contribution >= 4 is 5.91 Å². The number of carbonyl (C=O) groups is 1. The molecule has 0 unspecified atom stereocenters. The number of carbonyl (C=O) groups excluding carboxylic acids is 1. The first-order valence-corrected chi connectivity index (χ1v) is 6.24. The Morgan fingerprint density at radius 1 is 1.45 bits per heavy atom. The van der Waals surface area contributed by atoms with Crippen LogP contribution in [-0.4, -0.2) is 28.8 Å². The van der Waals surface area contributed by atoms with Gasteiger partial charge in [0.15, 0.2) is 11.5 Å². The molecule has 5 nitrogen and oxygen atoms in total. The molecule has 0 spiro atoms. The molecule has 6 heteroatoms. The maximum atomic E-state index is 12.8. The largest absolute Gasteiger partial charge is 0.396 e. The average Bonchev–Trinajstić information content (AvgIpc) is 2.89. The SMILES string of the molecule is C[C@H](CCO)NC(=O)c1cc(-c2ccc(F)cc2)on1. The van der Waals surface area contributed by atoms with Gasteiger partial charge in [-0.05, 0) is 37.6 Å². The highest BCUT2D eigenvalue weighted by Crippen LogP contribution is 2.20. The molecular formula is C14H15FN2O3. The van der Waals surface area contributed by atoms with E-state index in [0.29, 0.717) is 17.7 Å². The zero-order valence-corrected chi connectivity index (χ0v) is 11.0. The number of aromatic nitrogens is 1. The third-order valence-electron chi connectivity index (χ3n) is 2.81. The van der Waals surface area contributed by atoms with E-state index in [2.05, 4.69) is 10.5 Å². The van der Waals surface area contributed by atoms with Crippen LogP contribution >= 0.6 is 0 Å². The lowest BCUT2D eigenvalue weighted by molar-refractivity contribution is 0.0925. The fourth-order valence-corrected chi connectivity index (χ4v) is 1.70. The molecule has 106 valence electrons. The summed E-state index contributed by atoms with van der Waals surface area (Å²) in [5.74, 6) is -0.322. The lowest BCUT2D eigenvalue weighted by Crippen LogP contribution is -2.33. The molecule has 0 aliphatic carbocycles. The van der Waals surface area contributed by atoms with Crippen LogP contribution in [0.3, 0.4) is 0 Å². The first kappa shape index (κ1) is 14.2. The van der Waals surface area contributed by atoms with E-state index < -0.39 is 0 Å². The summed E-state index contributed by atoms with van der Waals surface area (Å²) >= 11 is 0. The summed E-state index contributed by atoms with van der Waals surface area (Å²) in [5.41, 5.74) is 0.787. The number of aliphatic hydroxyl groups is 1. The fraction of sp³-hybridized carbons (Fsp3) is 0.286. The van der Waals surface area contributed by atoms with Gasteiger partial charge in [-0.25, -0.2) is 4.39 Å². The molecule has 0 saturated heterocycles. The molecule has 0 saturated carbocycles. The Morgan fingerprint density at radius 2 is 2.15 bits per heavy atom. The summed E-state index contributed by atoms with van der Waals surface area (Å²) < 4.78 is 17.9. The highest BCUT2D eigenvalue weighted by atomic mass is 19.1. The van der Waals surface area contributed by atoms with Crippen molar-refractivity contribution in [3.05, 3.63) is 41.8 Å². The molecule has 0 bridgehead atoms. The molecule has 2 N–H and O–H groups in total. The highest BCUT2D eigenvalue weighted by molar-refractivity contribution is 5.93. The monoisotopic (exact) mass is 278 g/mol. The van der Waals surface area contributed by atoms with Crippen LogP contribution in [0.2, 0.25) is 0 Å². The number of rotatable bonds is 5. The molecule has 2 aromatic rings. The predicted molar refractivity (Wildman–Crippen MR) is 70.5 cm³/mol. The summed E-state index contributed by atoms with van der Waals surface area (Å²) in [7, 11) is 0. The van der Waals surface area contributed by atoms with Gasteiger partial charge in [0.05, 0.1) is 0 Å². The van der Waals surface area contributed by atoms with Crippen molar-refractivity contribution in [2.45, 2.75) is 19.4 Å². The minimum absolute atomic E-state index is 0.00108. The molecule has 1 aromatic carbocycles. The van der Waals surface area contributed by atoms with Gasteiger partial charge < -0.3 is 14.9 Å². The minimum Gasteiger partial charge on any atom is -0.396 e. The van der Waals surface area contributed by atoms with Crippen molar-refractivity contribution in [2.75, 3.05) is 6.61 Å². The second kappa shape index (κ2) is 6.29. The Labute approximate surface area is 115 Å². The van der Waals surface area contributed by atoms with E-state index in [1.165, 1.54) is 18.2 Å². The predicted octanol–water partition coefficient (Wildman–Crippen LogP) is 1.98. The van der Waals surface area contributed by atoms with E-state index in [1.54, 1.807) is 19.1 Å². The maximum absolute atomic E-state index is 12.8. The highest BCUT2D eigenvalue weighted by Gasteiger charge is 2.15. The molecule has 2 rings (SSSR count). The van der Waals surface area contributed by atoms with Gasteiger partial charge in [-0.2, -0.15) is 0 Å².